The Hall–Kier alpha value is -1.15. The van der Waals surface area contributed by atoms with Gasteiger partial charge in [-0.25, -0.2) is 9.37 Å². The first-order valence-electron chi connectivity index (χ1n) is 5.87. The molecule has 0 aliphatic heterocycles. The lowest BCUT2D eigenvalue weighted by atomic mass is 10.2. The van der Waals surface area contributed by atoms with Gasteiger partial charge in [-0.05, 0) is 59.3 Å². The van der Waals surface area contributed by atoms with E-state index in [4.69, 9.17) is 5.73 Å². The van der Waals surface area contributed by atoms with Crippen molar-refractivity contribution in [2.24, 2.45) is 0 Å². The summed E-state index contributed by atoms with van der Waals surface area (Å²) in [4.78, 5) is 4.30. The standard InChI is InChI=1S/C14H10BrFIN3/c1-7-4-8(2-3-9(7)15)20-13-5-10(16)11(17)6-12(13)19-14(20)18/h2-6H,1H3,(H2,18,19). The Morgan fingerprint density at radius 2 is 2.05 bits per heavy atom. The molecule has 3 rings (SSSR count). The van der Waals surface area contributed by atoms with E-state index in [0.29, 0.717) is 20.6 Å². The number of benzene rings is 2. The summed E-state index contributed by atoms with van der Waals surface area (Å²) in [6, 6.07) is 9.02. The molecule has 2 N–H and O–H groups in total. The summed E-state index contributed by atoms with van der Waals surface area (Å²) in [6.45, 7) is 1.99. The van der Waals surface area contributed by atoms with Crippen LogP contribution >= 0.6 is 38.5 Å². The second-order valence-corrected chi connectivity index (χ2v) is 6.51. The van der Waals surface area contributed by atoms with Crippen molar-refractivity contribution in [3.05, 3.63) is 49.8 Å². The van der Waals surface area contributed by atoms with Crippen molar-refractivity contribution < 1.29 is 4.39 Å². The van der Waals surface area contributed by atoms with Crippen molar-refractivity contribution in [3.8, 4) is 5.69 Å². The maximum absolute atomic E-state index is 13.8. The monoisotopic (exact) mass is 445 g/mol. The molecule has 0 unspecified atom stereocenters. The summed E-state index contributed by atoms with van der Waals surface area (Å²) in [5.41, 5.74) is 9.29. The van der Waals surface area contributed by atoms with Gasteiger partial charge in [0.2, 0.25) is 5.95 Å². The number of rotatable bonds is 1. The average Bonchev–Trinajstić information content (AvgIpc) is 2.69. The molecule has 0 bridgehead atoms. The van der Waals surface area contributed by atoms with Gasteiger partial charge < -0.3 is 5.73 Å². The molecule has 0 spiro atoms. The first kappa shape index (κ1) is 13.8. The maximum Gasteiger partial charge on any atom is 0.205 e. The first-order chi connectivity index (χ1) is 9.47. The minimum absolute atomic E-state index is 0.270. The molecular formula is C14H10BrFIN3. The number of halogens is 3. The van der Waals surface area contributed by atoms with Crippen LogP contribution in [-0.4, -0.2) is 9.55 Å². The fourth-order valence-electron chi connectivity index (χ4n) is 2.13. The van der Waals surface area contributed by atoms with Gasteiger partial charge in [0.15, 0.2) is 0 Å². The van der Waals surface area contributed by atoms with E-state index in [2.05, 4.69) is 20.9 Å². The van der Waals surface area contributed by atoms with E-state index < -0.39 is 0 Å². The molecule has 0 aliphatic carbocycles. The van der Waals surface area contributed by atoms with Gasteiger partial charge >= 0.3 is 0 Å². The van der Waals surface area contributed by atoms with Gasteiger partial charge in [-0.2, -0.15) is 0 Å². The van der Waals surface area contributed by atoms with Crippen molar-refractivity contribution >= 4 is 55.5 Å². The number of fused-ring (bicyclic) bond motifs is 1. The van der Waals surface area contributed by atoms with Crippen molar-refractivity contribution in [1.82, 2.24) is 9.55 Å². The zero-order valence-corrected chi connectivity index (χ0v) is 14.2. The fraction of sp³-hybridized carbons (Fsp3) is 0.0714. The molecule has 1 aromatic heterocycles. The third-order valence-corrected chi connectivity index (χ3v) is 4.84. The van der Waals surface area contributed by atoms with Crippen molar-refractivity contribution in [3.63, 3.8) is 0 Å². The molecule has 102 valence electrons. The molecular weight excluding hydrogens is 436 g/mol. The van der Waals surface area contributed by atoms with Crippen LogP contribution in [0.15, 0.2) is 34.8 Å². The predicted octanol–water partition coefficient (Wildman–Crippen LogP) is 4.42. The summed E-state index contributed by atoms with van der Waals surface area (Å²) < 4.78 is 17.1. The molecule has 0 saturated carbocycles. The quantitative estimate of drug-likeness (QED) is 0.563. The Kier molecular flexibility index (Phi) is 3.45. The van der Waals surface area contributed by atoms with Gasteiger partial charge in [-0.1, -0.05) is 15.9 Å². The number of imidazole rings is 1. The largest absolute Gasteiger partial charge is 0.369 e. The van der Waals surface area contributed by atoms with Crippen LogP contribution in [0.3, 0.4) is 0 Å². The van der Waals surface area contributed by atoms with Crippen LogP contribution in [0.4, 0.5) is 10.3 Å². The van der Waals surface area contributed by atoms with E-state index in [9.17, 15) is 4.39 Å². The third-order valence-electron chi connectivity index (χ3n) is 3.12. The minimum atomic E-state index is -0.270. The van der Waals surface area contributed by atoms with Gasteiger partial charge in [0.25, 0.3) is 0 Å². The first-order valence-corrected chi connectivity index (χ1v) is 7.74. The Labute approximate surface area is 137 Å². The Morgan fingerprint density at radius 3 is 2.75 bits per heavy atom. The summed E-state index contributed by atoms with van der Waals surface area (Å²) >= 11 is 5.41. The molecule has 2 aromatic carbocycles. The van der Waals surface area contributed by atoms with E-state index in [1.807, 2.05) is 47.7 Å². The number of aromatic nitrogens is 2. The van der Waals surface area contributed by atoms with Crippen molar-refractivity contribution in [2.45, 2.75) is 6.92 Å². The normalized spacial score (nSPS) is 11.2. The number of nitrogen functional groups attached to an aromatic ring is 1. The predicted molar refractivity (Wildman–Crippen MR) is 90.6 cm³/mol. The molecule has 3 aromatic rings. The van der Waals surface area contributed by atoms with Gasteiger partial charge in [0.1, 0.15) is 5.82 Å². The molecule has 1 heterocycles. The molecule has 20 heavy (non-hydrogen) atoms. The number of hydrogen-bond acceptors (Lipinski definition) is 2. The number of aryl methyl sites for hydroxylation is 1. The number of nitrogens with two attached hydrogens (primary N) is 1. The van der Waals surface area contributed by atoms with Crippen molar-refractivity contribution in [1.29, 1.82) is 0 Å². The summed E-state index contributed by atoms with van der Waals surface area (Å²) in [6.07, 6.45) is 0. The average molecular weight is 446 g/mol. The number of nitrogens with zero attached hydrogens (tertiary/aromatic N) is 2. The van der Waals surface area contributed by atoms with Gasteiger partial charge in [-0.3, -0.25) is 4.57 Å². The zero-order valence-electron chi connectivity index (χ0n) is 10.5. The van der Waals surface area contributed by atoms with Crippen LogP contribution in [0.2, 0.25) is 0 Å². The molecule has 0 fully saturated rings. The zero-order chi connectivity index (χ0) is 14.4. The molecule has 3 nitrogen and oxygen atoms in total. The summed E-state index contributed by atoms with van der Waals surface area (Å²) in [5, 5.41) is 0. The van der Waals surface area contributed by atoms with Crippen LogP contribution < -0.4 is 5.73 Å². The molecule has 6 heteroatoms. The Balaban J connectivity index is 2.32. The lowest BCUT2D eigenvalue weighted by molar-refractivity contribution is 0.622. The van der Waals surface area contributed by atoms with E-state index in [-0.39, 0.29) is 5.82 Å². The van der Waals surface area contributed by atoms with E-state index >= 15 is 0 Å². The van der Waals surface area contributed by atoms with Gasteiger partial charge in [0, 0.05) is 16.2 Å². The van der Waals surface area contributed by atoms with Gasteiger partial charge in [0.05, 0.1) is 14.6 Å². The highest BCUT2D eigenvalue weighted by Crippen LogP contribution is 2.28. The Bertz CT molecular complexity index is 829. The minimum Gasteiger partial charge on any atom is -0.369 e. The highest BCUT2D eigenvalue weighted by molar-refractivity contribution is 14.1. The lowest BCUT2D eigenvalue weighted by Gasteiger charge is -2.08. The van der Waals surface area contributed by atoms with E-state index in [1.165, 1.54) is 6.07 Å². The van der Waals surface area contributed by atoms with Crippen molar-refractivity contribution in [2.75, 3.05) is 5.73 Å². The van der Waals surface area contributed by atoms with Crippen LogP contribution in [0.25, 0.3) is 16.7 Å². The molecule has 0 aliphatic rings. The third kappa shape index (κ3) is 2.20. The molecule has 0 atom stereocenters. The second kappa shape index (κ2) is 5.00. The van der Waals surface area contributed by atoms with E-state index in [1.54, 1.807) is 10.6 Å². The van der Waals surface area contributed by atoms with E-state index in [0.717, 1.165) is 15.7 Å². The highest BCUT2D eigenvalue weighted by Gasteiger charge is 2.13. The maximum atomic E-state index is 13.8. The SMILES string of the molecule is Cc1cc(-n2c(N)nc3cc(I)c(F)cc32)ccc1Br. The molecule has 0 saturated heterocycles. The fourth-order valence-corrected chi connectivity index (χ4v) is 2.83. The smallest absolute Gasteiger partial charge is 0.205 e. The highest BCUT2D eigenvalue weighted by atomic mass is 127. The lowest BCUT2D eigenvalue weighted by Crippen LogP contribution is -2.01. The number of anilines is 1. The van der Waals surface area contributed by atoms with Crippen LogP contribution in [0.1, 0.15) is 5.56 Å². The summed E-state index contributed by atoms with van der Waals surface area (Å²) in [7, 11) is 0. The summed E-state index contributed by atoms with van der Waals surface area (Å²) in [5.74, 6) is 0.0798. The molecule has 0 amide bonds. The number of hydrogen-bond donors (Lipinski definition) is 1. The van der Waals surface area contributed by atoms with Crippen LogP contribution in [0, 0.1) is 16.3 Å². The second-order valence-electron chi connectivity index (χ2n) is 4.49. The Morgan fingerprint density at radius 1 is 1.30 bits per heavy atom. The molecule has 0 radical (unpaired) electrons. The van der Waals surface area contributed by atoms with Gasteiger partial charge in [-0.15, -0.1) is 0 Å². The van der Waals surface area contributed by atoms with Crippen LogP contribution in [0.5, 0.6) is 0 Å². The van der Waals surface area contributed by atoms with Crippen LogP contribution in [-0.2, 0) is 0 Å². The topological polar surface area (TPSA) is 43.8 Å².